The fourth-order valence-electron chi connectivity index (χ4n) is 2.20. The summed E-state index contributed by atoms with van der Waals surface area (Å²) in [6.45, 7) is 9.59. The van der Waals surface area contributed by atoms with Gasteiger partial charge < -0.3 is 4.90 Å². The van der Waals surface area contributed by atoms with Gasteiger partial charge in [-0.05, 0) is 38.3 Å². The van der Waals surface area contributed by atoms with E-state index in [9.17, 15) is 4.79 Å². The molecule has 0 aromatic heterocycles. The zero-order valence-electron chi connectivity index (χ0n) is 11.9. The zero-order chi connectivity index (χ0) is 13.5. The molecule has 0 aliphatic carbocycles. The highest BCUT2D eigenvalue weighted by Crippen LogP contribution is 2.23. The van der Waals surface area contributed by atoms with Crippen LogP contribution in [0.3, 0.4) is 0 Å². The molecule has 0 unspecified atom stereocenters. The van der Waals surface area contributed by atoms with E-state index in [2.05, 4.69) is 19.1 Å². The van der Waals surface area contributed by atoms with Gasteiger partial charge in [-0.3, -0.25) is 4.79 Å². The third kappa shape index (κ3) is 3.22. The standard InChI is InChI=1S/C16H23NO/c1-5-15(14-11-9-8-10-12-14)13(4)16(18)17(6-2)7-3/h8-12H,5-7H2,1-4H3/b15-13+. The van der Waals surface area contributed by atoms with Crippen molar-refractivity contribution in [2.75, 3.05) is 13.1 Å². The van der Waals surface area contributed by atoms with E-state index >= 15 is 0 Å². The maximum Gasteiger partial charge on any atom is 0.249 e. The molecule has 0 aliphatic rings. The van der Waals surface area contributed by atoms with Gasteiger partial charge in [0.25, 0.3) is 0 Å². The van der Waals surface area contributed by atoms with Crippen molar-refractivity contribution in [1.82, 2.24) is 4.90 Å². The molecule has 1 amide bonds. The Morgan fingerprint density at radius 3 is 2.06 bits per heavy atom. The summed E-state index contributed by atoms with van der Waals surface area (Å²) in [6, 6.07) is 10.2. The topological polar surface area (TPSA) is 20.3 Å². The Bertz CT molecular complexity index is 416. The van der Waals surface area contributed by atoms with Gasteiger partial charge in [-0.2, -0.15) is 0 Å². The minimum atomic E-state index is 0.153. The Labute approximate surface area is 110 Å². The van der Waals surface area contributed by atoms with Crippen molar-refractivity contribution in [3.8, 4) is 0 Å². The van der Waals surface area contributed by atoms with E-state index < -0.39 is 0 Å². The lowest BCUT2D eigenvalue weighted by atomic mass is 9.97. The van der Waals surface area contributed by atoms with E-state index in [4.69, 9.17) is 0 Å². The van der Waals surface area contributed by atoms with Crippen molar-refractivity contribution >= 4 is 11.5 Å². The molecule has 0 heterocycles. The van der Waals surface area contributed by atoms with E-state index in [0.29, 0.717) is 0 Å². The predicted octanol–water partition coefficient (Wildman–Crippen LogP) is 3.74. The fourth-order valence-corrected chi connectivity index (χ4v) is 2.20. The summed E-state index contributed by atoms with van der Waals surface area (Å²) >= 11 is 0. The number of carbonyl (C=O) groups excluding carboxylic acids is 1. The number of hydrogen-bond donors (Lipinski definition) is 0. The molecule has 18 heavy (non-hydrogen) atoms. The lowest BCUT2D eigenvalue weighted by Gasteiger charge is -2.21. The van der Waals surface area contributed by atoms with Gasteiger partial charge in [-0.25, -0.2) is 0 Å². The smallest absolute Gasteiger partial charge is 0.249 e. The lowest BCUT2D eigenvalue weighted by molar-refractivity contribution is -0.126. The summed E-state index contributed by atoms with van der Waals surface area (Å²) in [4.78, 5) is 14.2. The molecule has 0 atom stereocenters. The second-order valence-electron chi connectivity index (χ2n) is 4.30. The molecule has 0 N–H and O–H groups in total. The lowest BCUT2D eigenvalue weighted by Crippen LogP contribution is -2.31. The summed E-state index contributed by atoms with van der Waals surface area (Å²) in [7, 11) is 0. The first-order valence-electron chi connectivity index (χ1n) is 6.70. The third-order valence-corrected chi connectivity index (χ3v) is 3.30. The molecule has 2 nitrogen and oxygen atoms in total. The molecular formula is C16H23NO. The van der Waals surface area contributed by atoms with Gasteiger partial charge in [0, 0.05) is 18.7 Å². The van der Waals surface area contributed by atoms with Gasteiger partial charge in [-0.1, -0.05) is 37.3 Å². The third-order valence-electron chi connectivity index (χ3n) is 3.30. The largest absolute Gasteiger partial charge is 0.339 e. The minimum Gasteiger partial charge on any atom is -0.339 e. The zero-order valence-corrected chi connectivity index (χ0v) is 11.9. The minimum absolute atomic E-state index is 0.153. The van der Waals surface area contributed by atoms with Gasteiger partial charge in [0.05, 0.1) is 0 Å². The summed E-state index contributed by atoms with van der Waals surface area (Å²) < 4.78 is 0. The average Bonchev–Trinajstić information content (AvgIpc) is 2.42. The first-order valence-corrected chi connectivity index (χ1v) is 6.70. The molecule has 0 spiro atoms. The Kier molecular flexibility index (Phi) is 5.63. The van der Waals surface area contributed by atoms with Gasteiger partial charge in [0.15, 0.2) is 0 Å². The first-order chi connectivity index (χ1) is 8.65. The van der Waals surface area contributed by atoms with Crippen LogP contribution in [0.15, 0.2) is 35.9 Å². The predicted molar refractivity (Wildman–Crippen MR) is 77.3 cm³/mol. The van der Waals surface area contributed by atoms with Crippen molar-refractivity contribution in [3.05, 3.63) is 41.5 Å². The molecule has 0 saturated heterocycles. The summed E-state index contributed by atoms with van der Waals surface area (Å²) in [5.74, 6) is 0.153. The molecule has 0 aliphatic heterocycles. The quantitative estimate of drug-likeness (QED) is 0.724. The van der Waals surface area contributed by atoms with Gasteiger partial charge in [0.1, 0.15) is 0 Å². The molecule has 2 heteroatoms. The van der Waals surface area contributed by atoms with E-state index in [1.807, 2.05) is 43.9 Å². The Morgan fingerprint density at radius 1 is 1.06 bits per heavy atom. The van der Waals surface area contributed by atoms with Crippen LogP contribution in [-0.4, -0.2) is 23.9 Å². The van der Waals surface area contributed by atoms with Crippen LogP contribution in [-0.2, 0) is 4.79 Å². The van der Waals surface area contributed by atoms with Crippen LogP contribution in [0, 0.1) is 0 Å². The van der Waals surface area contributed by atoms with Crippen LogP contribution in [0.5, 0.6) is 0 Å². The normalized spacial score (nSPS) is 12.0. The Balaban J connectivity index is 3.11. The number of benzene rings is 1. The molecule has 0 bridgehead atoms. The molecular weight excluding hydrogens is 222 g/mol. The number of allylic oxidation sites excluding steroid dienone is 1. The van der Waals surface area contributed by atoms with E-state index in [1.165, 1.54) is 0 Å². The van der Waals surface area contributed by atoms with E-state index in [-0.39, 0.29) is 5.91 Å². The Hall–Kier alpha value is -1.57. The van der Waals surface area contributed by atoms with Crippen LogP contribution in [0.4, 0.5) is 0 Å². The van der Waals surface area contributed by atoms with Gasteiger partial charge in [-0.15, -0.1) is 0 Å². The van der Waals surface area contributed by atoms with Crippen LogP contribution in [0.25, 0.3) is 5.57 Å². The van der Waals surface area contributed by atoms with Crippen LogP contribution >= 0.6 is 0 Å². The van der Waals surface area contributed by atoms with E-state index in [1.54, 1.807) is 0 Å². The van der Waals surface area contributed by atoms with Gasteiger partial charge in [0.2, 0.25) is 5.91 Å². The molecule has 0 fully saturated rings. The molecule has 1 aromatic rings. The summed E-state index contributed by atoms with van der Waals surface area (Å²) in [5.41, 5.74) is 3.16. The van der Waals surface area contributed by atoms with E-state index in [0.717, 1.165) is 36.2 Å². The SMILES string of the molecule is CC/C(=C(/C)C(=O)N(CC)CC)c1ccccc1. The molecule has 98 valence electrons. The number of amides is 1. The Morgan fingerprint density at radius 2 is 1.61 bits per heavy atom. The number of rotatable bonds is 5. The fraction of sp³-hybridized carbons (Fsp3) is 0.438. The van der Waals surface area contributed by atoms with Crippen molar-refractivity contribution < 1.29 is 4.79 Å². The highest BCUT2D eigenvalue weighted by atomic mass is 16.2. The number of hydrogen-bond acceptors (Lipinski definition) is 1. The van der Waals surface area contributed by atoms with Crippen molar-refractivity contribution in [2.24, 2.45) is 0 Å². The highest BCUT2D eigenvalue weighted by molar-refractivity contribution is 6.00. The van der Waals surface area contributed by atoms with Crippen LogP contribution in [0.1, 0.15) is 39.7 Å². The molecule has 1 aromatic carbocycles. The first kappa shape index (κ1) is 14.5. The number of nitrogens with zero attached hydrogens (tertiary/aromatic N) is 1. The monoisotopic (exact) mass is 245 g/mol. The molecule has 0 radical (unpaired) electrons. The van der Waals surface area contributed by atoms with Crippen molar-refractivity contribution in [1.29, 1.82) is 0 Å². The summed E-state index contributed by atoms with van der Waals surface area (Å²) in [6.07, 6.45) is 0.878. The molecule has 0 saturated carbocycles. The maximum absolute atomic E-state index is 12.3. The summed E-state index contributed by atoms with van der Waals surface area (Å²) in [5, 5.41) is 0. The van der Waals surface area contributed by atoms with Crippen molar-refractivity contribution in [3.63, 3.8) is 0 Å². The van der Waals surface area contributed by atoms with Crippen LogP contribution in [0.2, 0.25) is 0 Å². The molecule has 1 rings (SSSR count). The van der Waals surface area contributed by atoms with Crippen LogP contribution < -0.4 is 0 Å². The second-order valence-corrected chi connectivity index (χ2v) is 4.30. The maximum atomic E-state index is 12.3. The second kappa shape index (κ2) is 7.00. The number of likely N-dealkylation sites (N-methyl/N-ethyl adjacent to an activating group) is 1. The average molecular weight is 245 g/mol. The van der Waals surface area contributed by atoms with Crippen molar-refractivity contribution in [2.45, 2.75) is 34.1 Å². The number of carbonyl (C=O) groups is 1. The highest BCUT2D eigenvalue weighted by Gasteiger charge is 2.15. The van der Waals surface area contributed by atoms with Gasteiger partial charge >= 0.3 is 0 Å².